The normalized spacial score (nSPS) is 14.8. The molecule has 0 radical (unpaired) electrons. The topological polar surface area (TPSA) is 29.5 Å². The molecule has 2 nitrogen and oxygen atoms in total. The van der Waals surface area contributed by atoms with Crippen LogP contribution >= 0.6 is 27.5 Å². The van der Waals surface area contributed by atoms with Crippen LogP contribution in [-0.2, 0) is 12.8 Å². The second-order valence-electron chi connectivity index (χ2n) is 4.93. The first-order chi connectivity index (χ1) is 9.63. The van der Waals surface area contributed by atoms with Gasteiger partial charge >= 0.3 is 0 Å². The first-order valence-corrected chi connectivity index (χ1v) is 7.68. The Morgan fingerprint density at radius 2 is 2.00 bits per heavy atom. The first-order valence-electron chi connectivity index (χ1n) is 6.51. The maximum absolute atomic E-state index is 10.5. The predicted octanol–water partition coefficient (Wildman–Crippen LogP) is 4.31. The monoisotopic (exact) mass is 352 g/mol. The Morgan fingerprint density at radius 3 is 2.75 bits per heavy atom. The maximum atomic E-state index is 10.5. The molecule has 1 aliphatic rings. The van der Waals surface area contributed by atoms with E-state index in [1.807, 2.05) is 30.3 Å². The van der Waals surface area contributed by atoms with Gasteiger partial charge < -0.3 is 9.84 Å². The molecular weight excluding hydrogens is 340 g/mol. The number of benzene rings is 2. The number of aliphatic hydroxyl groups excluding tert-OH is 1. The standard InChI is InChI=1S/C16H14BrClO2/c17-12-8-11-5-6-20-16(11)14(9-12)15(19)7-10-1-3-13(18)4-2-10/h1-4,8-9,15,19H,5-7H2. The van der Waals surface area contributed by atoms with Crippen LogP contribution in [0, 0.1) is 0 Å². The minimum Gasteiger partial charge on any atom is -0.493 e. The van der Waals surface area contributed by atoms with E-state index in [2.05, 4.69) is 22.0 Å². The molecule has 104 valence electrons. The first kappa shape index (κ1) is 13.9. The molecular formula is C16H14BrClO2. The number of halogens is 2. The molecule has 1 atom stereocenters. The van der Waals surface area contributed by atoms with E-state index in [0.717, 1.165) is 33.3 Å². The lowest BCUT2D eigenvalue weighted by Crippen LogP contribution is -2.04. The summed E-state index contributed by atoms with van der Waals surface area (Å²) >= 11 is 9.37. The highest BCUT2D eigenvalue weighted by Gasteiger charge is 2.22. The van der Waals surface area contributed by atoms with Crippen molar-refractivity contribution in [2.75, 3.05) is 6.61 Å². The number of rotatable bonds is 3. The average Bonchev–Trinajstić information content (AvgIpc) is 2.88. The van der Waals surface area contributed by atoms with Crippen molar-refractivity contribution in [2.45, 2.75) is 18.9 Å². The van der Waals surface area contributed by atoms with Crippen molar-refractivity contribution in [3.8, 4) is 5.75 Å². The number of hydrogen-bond acceptors (Lipinski definition) is 2. The van der Waals surface area contributed by atoms with Crippen LogP contribution in [0.1, 0.15) is 22.8 Å². The summed E-state index contributed by atoms with van der Waals surface area (Å²) in [4.78, 5) is 0. The molecule has 0 aromatic heterocycles. The largest absolute Gasteiger partial charge is 0.493 e. The minimum absolute atomic E-state index is 0.545. The van der Waals surface area contributed by atoms with Crippen LogP contribution in [0.15, 0.2) is 40.9 Å². The number of hydrogen-bond donors (Lipinski definition) is 1. The van der Waals surface area contributed by atoms with E-state index in [-0.39, 0.29) is 0 Å². The van der Waals surface area contributed by atoms with Crippen molar-refractivity contribution in [2.24, 2.45) is 0 Å². The number of ether oxygens (including phenoxy) is 1. The maximum Gasteiger partial charge on any atom is 0.128 e. The molecule has 20 heavy (non-hydrogen) atoms. The average molecular weight is 354 g/mol. The van der Waals surface area contributed by atoms with Gasteiger partial charge in [0.25, 0.3) is 0 Å². The van der Waals surface area contributed by atoms with Gasteiger partial charge in [-0.05, 0) is 35.4 Å². The fourth-order valence-corrected chi connectivity index (χ4v) is 3.15. The van der Waals surface area contributed by atoms with Gasteiger partial charge in [-0.15, -0.1) is 0 Å². The van der Waals surface area contributed by atoms with Crippen LogP contribution in [0.4, 0.5) is 0 Å². The van der Waals surface area contributed by atoms with Crippen LogP contribution in [-0.4, -0.2) is 11.7 Å². The van der Waals surface area contributed by atoms with E-state index in [4.69, 9.17) is 16.3 Å². The molecule has 0 spiro atoms. The highest BCUT2D eigenvalue weighted by atomic mass is 79.9. The second-order valence-corrected chi connectivity index (χ2v) is 6.28. The van der Waals surface area contributed by atoms with E-state index in [1.165, 1.54) is 0 Å². The summed E-state index contributed by atoms with van der Waals surface area (Å²) in [7, 11) is 0. The summed E-state index contributed by atoms with van der Waals surface area (Å²) < 4.78 is 6.64. The third-order valence-corrected chi connectivity index (χ3v) is 4.19. The van der Waals surface area contributed by atoms with E-state index >= 15 is 0 Å². The predicted molar refractivity (Wildman–Crippen MR) is 83.5 cm³/mol. The number of fused-ring (bicyclic) bond motifs is 1. The molecule has 1 unspecified atom stereocenters. The Balaban J connectivity index is 1.87. The third kappa shape index (κ3) is 2.85. The van der Waals surface area contributed by atoms with Crippen molar-refractivity contribution in [1.82, 2.24) is 0 Å². The molecule has 1 N–H and O–H groups in total. The fraction of sp³-hybridized carbons (Fsp3) is 0.250. The van der Waals surface area contributed by atoms with E-state index < -0.39 is 6.10 Å². The molecule has 0 saturated heterocycles. The van der Waals surface area contributed by atoms with Crippen molar-refractivity contribution >= 4 is 27.5 Å². The van der Waals surface area contributed by atoms with Gasteiger partial charge in [0.1, 0.15) is 5.75 Å². The SMILES string of the molecule is OC(Cc1ccc(Cl)cc1)c1cc(Br)cc2c1OCC2. The van der Waals surface area contributed by atoms with Gasteiger partial charge in [0.2, 0.25) is 0 Å². The molecule has 1 heterocycles. The molecule has 1 aliphatic heterocycles. The smallest absolute Gasteiger partial charge is 0.128 e. The fourth-order valence-electron chi connectivity index (χ4n) is 2.50. The Bertz CT molecular complexity index is 625. The highest BCUT2D eigenvalue weighted by Crippen LogP contribution is 2.37. The van der Waals surface area contributed by atoms with Crippen molar-refractivity contribution in [1.29, 1.82) is 0 Å². The Morgan fingerprint density at radius 1 is 1.25 bits per heavy atom. The van der Waals surface area contributed by atoms with E-state index in [1.54, 1.807) is 0 Å². The summed E-state index contributed by atoms with van der Waals surface area (Å²) in [5, 5.41) is 11.2. The van der Waals surface area contributed by atoms with Gasteiger partial charge in [0.05, 0.1) is 12.7 Å². The lowest BCUT2D eigenvalue weighted by Gasteiger charge is -2.15. The van der Waals surface area contributed by atoms with Gasteiger partial charge in [0, 0.05) is 27.9 Å². The molecule has 0 fully saturated rings. The second kappa shape index (κ2) is 5.76. The van der Waals surface area contributed by atoms with Crippen LogP contribution in [0.5, 0.6) is 5.75 Å². The summed E-state index contributed by atoms with van der Waals surface area (Å²) in [6, 6.07) is 11.5. The quantitative estimate of drug-likeness (QED) is 0.891. The highest BCUT2D eigenvalue weighted by molar-refractivity contribution is 9.10. The number of aliphatic hydroxyl groups is 1. The zero-order valence-corrected chi connectivity index (χ0v) is 13.1. The lowest BCUT2D eigenvalue weighted by atomic mass is 9.98. The zero-order valence-electron chi connectivity index (χ0n) is 10.8. The Hall–Kier alpha value is -1.03. The van der Waals surface area contributed by atoms with Crippen LogP contribution in [0.25, 0.3) is 0 Å². The zero-order chi connectivity index (χ0) is 14.1. The minimum atomic E-state index is -0.583. The lowest BCUT2D eigenvalue weighted by molar-refractivity contribution is 0.173. The van der Waals surface area contributed by atoms with Gasteiger partial charge in [-0.3, -0.25) is 0 Å². The van der Waals surface area contributed by atoms with Crippen molar-refractivity contribution < 1.29 is 9.84 Å². The molecule has 3 rings (SSSR count). The summed E-state index contributed by atoms with van der Waals surface area (Å²) in [5.41, 5.74) is 3.06. The van der Waals surface area contributed by atoms with Crippen molar-refractivity contribution in [3.63, 3.8) is 0 Å². The molecule has 0 bridgehead atoms. The van der Waals surface area contributed by atoms with Gasteiger partial charge in [-0.1, -0.05) is 39.7 Å². The van der Waals surface area contributed by atoms with Gasteiger partial charge in [0.15, 0.2) is 0 Å². The summed E-state index contributed by atoms with van der Waals surface area (Å²) in [5.74, 6) is 0.842. The van der Waals surface area contributed by atoms with Crippen LogP contribution in [0.3, 0.4) is 0 Å². The molecule has 0 aliphatic carbocycles. The molecule has 2 aromatic rings. The Kier molecular flexibility index (Phi) is 4.01. The summed E-state index contributed by atoms with van der Waals surface area (Å²) in [6.07, 6.45) is 0.860. The van der Waals surface area contributed by atoms with Crippen molar-refractivity contribution in [3.05, 3.63) is 62.6 Å². The van der Waals surface area contributed by atoms with Crippen LogP contribution < -0.4 is 4.74 Å². The Labute approximate surface area is 131 Å². The summed E-state index contributed by atoms with van der Waals surface area (Å²) in [6.45, 7) is 0.687. The molecule has 0 saturated carbocycles. The molecule has 2 aromatic carbocycles. The van der Waals surface area contributed by atoms with E-state index in [0.29, 0.717) is 18.1 Å². The third-order valence-electron chi connectivity index (χ3n) is 3.48. The van der Waals surface area contributed by atoms with E-state index in [9.17, 15) is 5.11 Å². The molecule has 4 heteroatoms. The van der Waals surface area contributed by atoms with Crippen LogP contribution in [0.2, 0.25) is 5.02 Å². The van der Waals surface area contributed by atoms with Gasteiger partial charge in [-0.25, -0.2) is 0 Å². The van der Waals surface area contributed by atoms with Gasteiger partial charge in [-0.2, -0.15) is 0 Å². The molecule has 0 amide bonds.